The van der Waals surface area contributed by atoms with Gasteiger partial charge in [0.25, 0.3) is 0 Å². The quantitative estimate of drug-likeness (QED) is 0.900. The van der Waals surface area contributed by atoms with Gasteiger partial charge >= 0.3 is 6.18 Å². The highest BCUT2D eigenvalue weighted by Gasteiger charge is 2.31. The molecule has 0 aliphatic carbocycles. The molecule has 0 bridgehead atoms. The van der Waals surface area contributed by atoms with Gasteiger partial charge in [0.05, 0.1) is 12.1 Å². The Bertz CT molecular complexity index is 406. The first kappa shape index (κ1) is 12.8. The number of primary amides is 1. The van der Waals surface area contributed by atoms with E-state index in [-0.39, 0.29) is 16.7 Å². The molecule has 1 aromatic carbocycles. The average molecular weight is 297 g/mol. The maximum Gasteiger partial charge on any atom is 0.416 e. The summed E-state index contributed by atoms with van der Waals surface area (Å²) in [6, 6.07) is 3.29. The number of halogens is 4. The van der Waals surface area contributed by atoms with Crippen LogP contribution in [-0.2, 0) is 11.0 Å². The van der Waals surface area contributed by atoms with E-state index in [1.165, 1.54) is 6.07 Å². The van der Waals surface area contributed by atoms with E-state index in [1.807, 2.05) is 0 Å². The third-order valence-electron chi connectivity index (χ3n) is 1.69. The van der Waals surface area contributed by atoms with Crippen molar-refractivity contribution in [3.05, 3.63) is 28.2 Å². The predicted molar refractivity (Wildman–Crippen MR) is 56.8 cm³/mol. The lowest BCUT2D eigenvalue weighted by molar-refractivity contribution is -0.137. The lowest BCUT2D eigenvalue weighted by Gasteiger charge is -2.10. The van der Waals surface area contributed by atoms with Crippen molar-refractivity contribution in [1.82, 2.24) is 0 Å². The fourth-order valence-corrected chi connectivity index (χ4v) is 1.54. The first-order valence-corrected chi connectivity index (χ1v) is 4.98. The zero-order chi connectivity index (χ0) is 12.3. The van der Waals surface area contributed by atoms with Gasteiger partial charge in [-0.05, 0) is 18.2 Å². The van der Waals surface area contributed by atoms with E-state index in [9.17, 15) is 18.0 Å². The second kappa shape index (κ2) is 4.73. The highest BCUT2D eigenvalue weighted by Crippen LogP contribution is 2.33. The highest BCUT2D eigenvalue weighted by molar-refractivity contribution is 9.10. The van der Waals surface area contributed by atoms with Crippen LogP contribution in [0, 0.1) is 0 Å². The van der Waals surface area contributed by atoms with Crippen LogP contribution >= 0.6 is 15.9 Å². The molecular formula is C9H8BrF3N2O. The molecule has 0 aromatic heterocycles. The van der Waals surface area contributed by atoms with Crippen LogP contribution in [0.4, 0.5) is 18.9 Å². The van der Waals surface area contributed by atoms with Crippen molar-refractivity contribution in [2.24, 2.45) is 5.73 Å². The Morgan fingerprint density at radius 2 is 2.00 bits per heavy atom. The summed E-state index contributed by atoms with van der Waals surface area (Å²) < 4.78 is 37.5. The van der Waals surface area contributed by atoms with Gasteiger partial charge in [-0.2, -0.15) is 13.2 Å². The number of hydrogen-bond donors (Lipinski definition) is 2. The minimum absolute atomic E-state index is 0.181. The second-order valence-electron chi connectivity index (χ2n) is 3.05. The van der Waals surface area contributed by atoms with E-state index in [2.05, 4.69) is 21.2 Å². The fraction of sp³-hybridized carbons (Fsp3) is 0.222. The maximum absolute atomic E-state index is 12.4. The Hall–Kier alpha value is -1.24. The molecule has 0 unspecified atom stereocenters. The molecule has 88 valence electrons. The molecule has 0 heterocycles. The normalized spacial score (nSPS) is 11.2. The molecule has 1 rings (SSSR count). The zero-order valence-electron chi connectivity index (χ0n) is 7.94. The van der Waals surface area contributed by atoms with E-state index >= 15 is 0 Å². The number of hydrogen-bond acceptors (Lipinski definition) is 2. The fourth-order valence-electron chi connectivity index (χ4n) is 1.04. The van der Waals surface area contributed by atoms with Crippen molar-refractivity contribution in [3.63, 3.8) is 0 Å². The SMILES string of the molecule is NC(=O)CNc1cc(Br)cc(C(F)(F)F)c1. The van der Waals surface area contributed by atoms with Gasteiger partial charge in [0.15, 0.2) is 0 Å². The number of amides is 1. The Morgan fingerprint density at radius 1 is 1.38 bits per heavy atom. The Kier molecular flexibility index (Phi) is 3.79. The standard InChI is InChI=1S/C9H8BrF3N2O/c10-6-1-5(9(11,12)13)2-7(3-6)15-4-8(14)16/h1-3,15H,4H2,(H2,14,16). The molecule has 0 saturated heterocycles. The van der Waals surface area contributed by atoms with Gasteiger partial charge < -0.3 is 11.1 Å². The monoisotopic (exact) mass is 296 g/mol. The Labute approximate surface area is 97.9 Å². The molecule has 0 fully saturated rings. The van der Waals surface area contributed by atoms with Crippen LogP contribution in [0.5, 0.6) is 0 Å². The van der Waals surface area contributed by atoms with Crippen LogP contribution in [0.25, 0.3) is 0 Å². The van der Waals surface area contributed by atoms with Crippen LogP contribution in [0.2, 0.25) is 0 Å². The summed E-state index contributed by atoms with van der Waals surface area (Å²) in [5.41, 5.74) is 4.25. The molecule has 3 N–H and O–H groups in total. The third kappa shape index (κ3) is 3.73. The van der Waals surface area contributed by atoms with Crippen LogP contribution in [-0.4, -0.2) is 12.5 Å². The largest absolute Gasteiger partial charge is 0.416 e. The molecule has 1 aromatic rings. The van der Waals surface area contributed by atoms with Gasteiger partial charge in [0.2, 0.25) is 5.91 Å². The number of carbonyl (C=O) groups excluding carboxylic acids is 1. The Balaban J connectivity index is 2.94. The summed E-state index contributed by atoms with van der Waals surface area (Å²) >= 11 is 2.96. The number of anilines is 1. The van der Waals surface area contributed by atoms with E-state index in [0.29, 0.717) is 0 Å². The summed E-state index contributed by atoms with van der Waals surface area (Å²) in [4.78, 5) is 10.5. The molecular weight excluding hydrogens is 289 g/mol. The highest BCUT2D eigenvalue weighted by atomic mass is 79.9. The lowest BCUT2D eigenvalue weighted by Crippen LogP contribution is -2.22. The van der Waals surface area contributed by atoms with Crippen molar-refractivity contribution in [2.45, 2.75) is 6.18 Å². The summed E-state index contributed by atoms with van der Waals surface area (Å²) in [6.45, 7) is -0.215. The molecule has 0 atom stereocenters. The number of nitrogens with two attached hydrogens (primary N) is 1. The molecule has 16 heavy (non-hydrogen) atoms. The first-order valence-electron chi connectivity index (χ1n) is 4.19. The van der Waals surface area contributed by atoms with Crippen molar-refractivity contribution in [1.29, 1.82) is 0 Å². The van der Waals surface area contributed by atoms with Gasteiger partial charge in [-0.15, -0.1) is 0 Å². The molecule has 0 aliphatic heterocycles. The van der Waals surface area contributed by atoms with Crippen LogP contribution < -0.4 is 11.1 Å². The van der Waals surface area contributed by atoms with E-state index in [4.69, 9.17) is 5.73 Å². The predicted octanol–water partition coefficient (Wildman–Crippen LogP) is 2.37. The van der Waals surface area contributed by atoms with Gasteiger partial charge in [0, 0.05) is 10.2 Å². The topological polar surface area (TPSA) is 55.1 Å². The summed E-state index contributed by atoms with van der Waals surface area (Å²) in [5.74, 6) is -0.645. The third-order valence-corrected chi connectivity index (χ3v) is 2.15. The van der Waals surface area contributed by atoms with Gasteiger partial charge in [0.1, 0.15) is 0 Å². The molecule has 0 radical (unpaired) electrons. The number of carbonyl (C=O) groups is 1. The molecule has 3 nitrogen and oxygen atoms in total. The van der Waals surface area contributed by atoms with Gasteiger partial charge in [-0.3, -0.25) is 4.79 Å². The first-order chi connectivity index (χ1) is 7.29. The maximum atomic E-state index is 12.4. The van der Waals surface area contributed by atoms with E-state index in [1.54, 1.807) is 0 Å². The molecule has 0 aliphatic rings. The summed E-state index contributed by atoms with van der Waals surface area (Å²) in [5, 5.41) is 2.49. The van der Waals surface area contributed by atoms with Crippen molar-refractivity contribution in [2.75, 3.05) is 11.9 Å². The molecule has 7 heteroatoms. The summed E-state index contributed by atoms with van der Waals surface area (Å²) in [7, 11) is 0. The smallest absolute Gasteiger partial charge is 0.376 e. The van der Waals surface area contributed by atoms with Crippen molar-refractivity contribution >= 4 is 27.5 Å². The Morgan fingerprint density at radius 3 is 2.50 bits per heavy atom. The number of benzene rings is 1. The molecule has 0 saturated carbocycles. The number of alkyl halides is 3. The van der Waals surface area contributed by atoms with Crippen LogP contribution in [0.15, 0.2) is 22.7 Å². The van der Waals surface area contributed by atoms with Crippen LogP contribution in [0.3, 0.4) is 0 Å². The minimum atomic E-state index is -4.42. The zero-order valence-corrected chi connectivity index (χ0v) is 9.52. The second-order valence-corrected chi connectivity index (χ2v) is 3.96. The van der Waals surface area contributed by atoms with E-state index < -0.39 is 17.6 Å². The number of nitrogens with one attached hydrogen (secondary N) is 1. The van der Waals surface area contributed by atoms with Gasteiger partial charge in [-0.1, -0.05) is 15.9 Å². The minimum Gasteiger partial charge on any atom is -0.376 e. The van der Waals surface area contributed by atoms with E-state index in [0.717, 1.165) is 12.1 Å². The summed E-state index contributed by atoms with van der Waals surface area (Å²) in [6.07, 6.45) is -4.42. The average Bonchev–Trinajstić information content (AvgIpc) is 2.12. The molecule has 1 amide bonds. The van der Waals surface area contributed by atoms with Gasteiger partial charge in [-0.25, -0.2) is 0 Å². The number of rotatable bonds is 3. The van der Waals surface area contributed by atoms with Crippen LogP contribution in [0.1, 0.15) is 5.56 Å². The molecule has 0 spiro atoms. The lowest BCUT2D eigenvalue weighted by atomic mass is 10.2. The van der Waals surface area contributed by atoms with Crippen molar-refractivity contribution in [3.8, 4) is 0 Å². The van der Waals surface area contributed by atoms with Crippen molar-refractivity contribution < 1.29 is 18.0 Å².